The van der Waals surface area contributed by atoms with Gasteiger partial charge in [0.05, 0.1) is 5.25 Å². The van der Waals surface area contributed by atoms with E-state index in [1.54, 1.807) is 0 Å². The van der Waals surface area contributed by atoms with Crippen LogP contribution < -0.4 is 0 Å². The zero-order valence-electron chi connectivity index (χ0n) is 14.5. The van der Waals surface area contributed by atoms with Crippen LogP contribution in [0.3, 0.4) is 0 Å². The van der Waals surface area contributed by atoms with E-state index < -0.39 is 27.6 Å². The Morgan fingerprint density at radius 1 is 1.21 bits per heavy atom. The normalized spacial score (nSPS) is 36.0. The van der Waals surface area contributed by atoms with Crippen molar-refractivity contribution in [1.29, 1.82) is 0 Å². The van der Waals surface area contributed by atoms with Crippen molar-refractivity contribution < 1.29 is 26.9 Å². The van der Waals surface area contributed by atoms with Crippen molar-refractivity contribution in [1.82, 2.24) is 0 Å². The van der Waals surface area contributed by atoms with Gasteiger partial charge in [-0.2, -0.15) is 8.42 Å². The van der Waals surface area contributed by atoms with Crippen molar-refractivity contribution in [2.75, 3.05) is 0 Å². The minimum absolute atomic E-state index is 0.0234. The van der Waals surface area contributed by atoms with Crippen molar-refractivity contribution in [2.45, 2.75) is 76.8 Å². The Bertz CT molecular complexity index is 637. The van der Waals surface area contributed by atoms with Crippen LogP contribution in [0.15, 0.2) is 0 Å². The van der Waals surface area contributed by atoms with Gasteiger partial charge in [-0.25, -0.2) is 0 Å². The minimum atomic E-state index is -3.48. The fraction of sp³-hybridized carbons (Fsp3) is 0.882. The maximum Gasteiger partial charge on any atom is 0.306 e. The van der Waals surface area contributed by atoms with Gasteiger partial charge in [-0.1, -0.05) is 20.8 Å². The molecule has 0 radical (unpaired) electrons. The second kappa shape index (κ2) is 6.09. The van der Waals surface area contributed by atoms with E-state index in [2.05, 4.69) is 0 Å². The summed E-state index contributed by atoms with van der Waals surface area (Å²) in [4.78, 5) is 24.1. The van der Waals surface area contributed by atoms with Crippen molar-refractivity contribution >= 4 is 21.9 Å². The molecular weight excluding hydrogens is 332 g/mol. The summed E-state index contributed by atoms with van der Waals surface area (Å²) in [6.45, 7) is 5.80. The first-order valence-corrected chi connectivity index (χ1v) is 10.3. The zero-order valence-corrected chi connectivity index (χ0v) is 15.3. The molecule has 2 bridgehead atoms. The molecule has 5 unspecified atom stereocenters. The van der Waals surface area contributed by atoms with Gasteiger partial charge in [0.2, 0.25) is 0 Å². The Kier molecular flexibility index (Phi) is 4.53. The van der Waals surface area contributed by atoms with Gasteiger partial charge in [0, 0.05) is 30.1 Å². The van der Waals surface area contributed by atoms with Crippen molar-refractivity contribution in [3.63, 3.8) is 0 Å². The number of rotatable bonds is 7. The predicted molar refractivity (Wildman–Crippen MR) is 86.6 cm³/mol. The first kappa shape index (κ1) is 17.9. The minimum Gasteiger partial charge on any atom is -0.459 e. The van der Waals surface area contributed by atoms with E-state index in [4.69, 9.17) is 8.92 Å². The summed E-state index contributed by atoms with van der Waals surface area (Å²) in [5.41, 5.74) is -0.352. The van der Waals surface area contributed by atoms with Gasteiger partial charge in [-0.3, -0.25) is 13.8 Å². The highest BCUT2D eigenvalue weighted by Crippen LogP contribution is 2.55. The van der Waals surface area contributed by atoms with Crippen LogP contribution in [0.2, 0.25) is 0 Å². The number of hydrogen-bond acceptors (Lipinski definition) is 6. The third-order valence-electron chi connectivity index (χ3n) is 6.10. The maximum absolute atomic E-state index is 12.1. The number of ketones is 1. The molecule has 0 aromatic rings. The average molecular weight is 358 g/mol. The van der Waals surface area contributed by atoms with E-state index in [9.17, 15) is 18.0 Å². The third-order valence-corrected chi connectivity index (χ3v) is 7.88. The lowest BCUT2D eigenvalue weighted by Gasteiger charge is -2.25. The molecule has 5 atom stereocenters. The summed E-state index contributed by atoms with van der Waals surface area (Å²) < 4.78 is 34.5. The molecule has 0 amide bonds. The fourth-order valence-corrected chi connectivity index (χ4v) is 6.07. The van der Waals surface area contributed by atoms with E-state index >= 15 is 0 Å². The monoisotopic (exact) mass is 358 g/mol. The highest BCUT2D eigenvalue weighted by Gasteiger charge is 2.65. The molecule has 0 aromatic carbocycles. The summed E-state index contributed by atoms with van der Waals surface area (Å²) in [6, 6.07) is 0. The first-order valence-electron chi connectivity index (χ1n) is 8.80. The number of esters is 1. The molecular formula is C17H26O6S. The number of hydrogen-bond donors (Lipinski definition) is 0. The topological polar surface area (TPSA) is 86.7 Å². The molecule has 2 aliphatic carbocycles. The van der Waals surface area contributed by atoms with Crippen LogP contribution in [-0.4, -0.2) is 37.6 Å². The van der Waals surface area contributed by atoms with Crippen LogP contribution in [0.4, 0.5) is 0 Å². The number of fused-ring (bicyclic) bond motifs is 1. The fourth-order valence-electron chi connectivity index (χ4n) is 4.18. The van der Waals surface area contributed by atoms with Crippen LogP contribution in [0.25, 0.3) is 0 Å². The molecule has 0 N–H and O–H groups in total. The Morgan fingerprint density at radius 3 is 2.58 bits per heavy atom. The van der Waals surface area contributed by atoms with E-state index in [0.717, 1.165) is 12.8 Å². The number of Topliss-reactive ketones (excluding diaryl/α,β-unsaturated/α-hetero) is 1. The van der Waals surface area contributed by atoms with E-state index in [1.807, 2.05) is 20.8 Å². The molecule has 24 heavy (non-hydrogen) atoms. The van der Waals surface area contributed by atoms with Gasteiger partial charge in [-0.15, -0.1) is 0 Å². The van der Waals surface area contributed by atoms with Crippen molar-refractivity contribution in [3.8, 4) is 0 Å². The van der Waals surface area contributed by atoms with Crippen LogP contribution >= 0.6 is 0 Å². The second-order valence-corrected chi connectivity index (χ2v) is 9.74. The van der Waals surface area contributed by atoms with Gasteiger partial charge in [0.1, 0.15) is 18.0 Å². The zero-order chi connectivity index (χ0) is 17.7. The highest BCUT2D eigenvalue weighted by molar-refractivity contribution is 7.87. The number of ether oxygens (including phenoxy) is 1. The lowest BCUT2D eigenvalue weighted by molar-refractivity contribution is -0.156. The largest absolute Gasteiger partial charge is 0.459 e. The second-order valence-electron chi connectivity index (χ2n) is 7.96. The van der Waals surface area contributed by atoms with Gasteiger partial charge in [0.15, 0.2) is 0 Å². The number of carbonyl (C=O) groups excluding carboxylic acids is 2. The lowest BCUT2D eigenvalue weighted by atomic mass is 9.83. The lowest BCUT2D eigenvalue weighted by Crippen LogP contribution is -2.37. The molecule has 3 rings (SSSR count). The molecule has 0 spiro atoms. The Morgan fingerprint density at radius 2 is 1.92 bits per heavy atom. The summed E-state index contributed by atoms with van der Waals surface area (Å²) in [6.07, 6.45) is 2.14. The Labute approximate surface area is 143 Å². The van der Waals surface area contributed by atoms with Crippen LogP contribution in [0, 0.1) is 17.3 Å². The molecule has 1 saturated heterocycles. The van der Waals surface area contributed by atoms with E-state index in [-0.39, 0.29) is 35.4 Å². The van der Waals surface area contributed by atoms with E-state index in [1.165, 1.54) is 0 Å². The molecule has 7 heteroatoms. The standard InChI is InChI=1S/C17H26O6S/c1-4-17(2,3)13(18)6-5-7-14(19)22-15-10-8-11-12(9-10)24(20,21)23-16(11)15/h10-12,15-16H,4-9H2,1-3H3. The molecule has 1 aliphatic heterocycles. The van der Waals surface area contributed by atoms with Gasteiger partial charge < -0.3 is 4.74 Å². The summed E-state index contributed by atoms with van der Waals surface area (Å²) in [5, 5.41) is -0.406. The molecule has 3 fully saturated rings. The number of carbonyl (C=O) groups is 2. The van der Waals surface area contributed by atoms with Crippen LogP contribution in [0.5, 0.6) is 0 Å². The van der Waals surface area contributed by atoms with Crippen molar-refractivity contribution in [2.24, 2.45) is 17.3 Å². The highest BCUT2D eigenvalue weighted by atomic mass is 32.2. The first-order chi connectivity index (χ1) is 11.2. The van der Waals surface area contributed by atoms with Crippen LogP contribution in [-0.2, 0) is 28.6 Å². The predicted octanol–water partition coefficient (Wildman–Crippen LogP) is 2.21. The molecule has 3 aliphatic rings. The Balaban J connectivity index is 1.48. The van der Waals surface area contributed by atoms with Crippen molar-refractivity contribution in [3.05, 3.63) is 0 Å². The smallest absolute Gasteiger partial charge is 0.306 e. The molecule has 136 valence electrons. The summed E-state index contributed by atoms with van der Waals surface area (Å²) >= 11 is 0. The molecule has 0 aromatic heterocycles. The van der Waals surface area contributed by atoms with Gasteiger partial charge >= 0.3 is 5.97 Å². The Hall–Kier alpha value is -0.950. The quantitative estimate of drug-likeness (QED) is 0.512. The summed E-state index contributed by atoms with van der Waals surface area (Å²) in [5.74, 6) is -0.137. The third kappa shape index (κ3) is 3.01. The summed E-state index contributed by atoms with van der Waals surface area (Å²) in [7, 11) is -3.48. The maximum atomic E-state index is 12.1. The molecule has 2 saturated carbocycles. The average Bonchev–Trinajstić information content (AvgIpc) is 3.11. The van der Waals surface area contributed by atoms with Gasteiger partial charge in [0.25, 0.3) is 10.1 Å². The molecule has 1 heterocycles. The van der Waals surface area contributed by atoms with E-state index in [0.29, 0.717) is 19.3 Å². The molecule has 6 nitrogen and oxygen atoms in total. The van der Waals surface area contributed by atoms with Gasteiger partial charge in [-0.05, 0) is 25.7 Å². The SMILES string of the molecule is CCC(C)(C)C(=O)CCCC(=O)OC1C2CC3C1OS(=O)(=O)C3C2. The van der Waals surface area contributed by atoms with Crippen LogP contribution in [0.1, 0.15) is 59.3 Å².